The normalized spacial score (nSPS) is 26.0. The Morgan fingerprint density at radius 1 is 1.47 bits per heavy atom. The van der Waals surface area contributed by atoms with Gasteiger partial charge in [0.1, 0.15) is 5.82 Å². The molecular weight excluding hydrogens is 190 g/mol. The molecular formula is C11H17N3O. The van der Waals surface area contributed by atoms with Crippen LogP contribution < -0.4 is 5.73 Å². The molecule has 1 saturated heterocycles. The van der Waals surface area contributed by atoms with Crippen molar-refractivity contribution in [3.05, 3.63) is 11.8 Å². The Hall–Kier alpha value is -1.03. The lowest BCUT2D eigenvalue weighted by atomic mass is 10.2. The van der Waals surface area contributed by atoms with Gasteiger partial charge >= 0.3 is 0 Å². The maximum absolute atomic E-state index is 5.93. The van der Waals surface area contributed by atoms with E-state index in [-0.39, 0.29) is 0 Å². The molecule has 1 saturated carbocycles. The third-order valence-corrected chi connectivity index (χ3v) is 3.23. The topological polar surface area (TPSA) is 53.1 Å². The van der Waals surface area contributed by atoms with Crippen molar-refractivity contribution in [2.24, 2.45) is 0 Å². The van der Waals surface area contributed by atoms with Gasteiger partial charge in [-0.15, -0.1) is 0 Å². The summed E-state index contributed by atoms with van der Waals surface area (Å²) in [5, 5.41) is 4.55. The van der Waals surface area contributed by atoms with E-state index in [4.69, 9.17) is 10.5 Å². The lowest BCUT2D eigenvalue weighted by molar-refractivity contribution is 0.0944. The summed E-state index contributed by atoms with van der Waals surface area (Å²) in [7, 11) is 0. The highest BCUT2D eigenvalue weighted by molar-refractivity contribution is 5.33. The maximum atomic E-state index is 5.93. The second-order valence-corrected chi connectivity index (χ2v) is 4.59. The minimum atomic E-state index is 0.319. The second-order valence-electron chi connectivity index (χ2n) is 4.59. The maximum Gasteiger partial charge on any atom is 0.122 e. The third kappa shape index (κ3) is 1.86. The Labute approximate surface area is 89.4 Å². The van der Waals surface area contributed by atoms with E-state index < -0.39 is 0 Å². The Balaban J connectivity index is 1.72. The van der Waals surface area contributed by atoms with E-state index in [1.807, 2.05) is 10.7 Å². The van der Waals surface area contributed by atoms with E-state index in [0.29, 0.717) is 12.0 Å². The van der Waals surface area contributed by atoms with Crippen LogP contribution in [0.5, 0.6) is 0 Å². The van der Waals surface area contributed by atoms with Gasteiger partial charge in [0.25, 0.3) is 0 Å². The fraction of sp³-hybridized carbons (Fsp3) is 0.727. The molecule has 0 unspecified atom stereocenters. The average molecular weight is 207 g/mol. The molecule has 2 aliphatic rings. The first-order valence-electron chi connectivity index (χ1n) is 5.78. The molecule has 3 rings (SSSR count). The van der Waals surface area contributed by atoms with E-state index in [9.17, 15) is 0 Å². The van der Waals surface area contributed by atoms with Crippen molar-refractivity contribution in [1.29, 1.82) is 0 Å². The number of ether oxygens (including phenoxy) is 1. The van der Waals surface area contributed by atoms with E-state index in [2.05, 4.69) is 5.10 Å². The van der Waals surface area contributed by atoms with Gasteiger partial charge in [0.15, 0.2) is 0 Å². The quantitative estimate of drug-likeness (QED) is 0.817. The fourth-order valence-corrected chi connectivity index (χ4v) is 2.16. The molecule has 0 amide bonds. The van der Waals surface area contributed by atoms with Crippen LogP contribution in [0.1, 0.15) is 37.3 Å². The highest BCUT2D eigenvalue weighted by Crippen LogP contribution is 2.39. The van der Waals surface area contributed by atoms with E-state index >= 15 is 0 Å². The first-order valence-corrected chi connectivity index (χ1v) is 5.78. The minimum Gasteiger partial charge on any atom is -0.384 e. The summed E-state index contributed by atoms with van der Waals surface area (Å²) < 4.78 is 7.49. The van der Waals surface area contributed by atoms with Crippen molar-refractivity contribution in [1.82, 2.24) is 9.78 Å². The molecule has 2 heterocycles. The van der Waals surface area contributed by atoms with Crippen LogP contribution in [-0.2, 0) is 11.3 Å². The number of hydrogen-bond acceptors (Lipinski definition) is 3. The smallest absolute Gasteiger partial charge is 0.122 e. The molecule has 1 aromatic heterocycles. The molecule has 1 aromatic rings. The largest absolute Gasteiger partial charge is 0.384 e. The van der Waals surface area contributed by atoms with Crippen molar-refractivity contribution < 1.29 is 4.74 Å². The van der Waals surface area contributed by atoms with Gasteiger partial charge in [-0.25, -0.2) is 4.68 Å². The Bertz CT molecular complexity index is 351. The molecule has 4 nitrogen and oxygen atoms in total. The molecule has 82 valence electrons. The van der Waals surface area contributed by atoms with Gasteiger partial charge in [0, 0.05) is 18.6 Å². The average Bonchev–Trinajstić information content (AvgIpc) is 2.84. The van der Waals surface area contributed by atoms with E-state index in [0.717, 1.165) is 25.4 Å². The Morgan fingerprint density at radius 3 is 3.00 bits per heavy atom. The van der Waals surface area contributed by atoms with E-state index in [1.165, 1.54) is 25.0 Å². The predicted molar refractivity (Wildman–Crippen MR) is 57.6 cm³/mol. The van der Waals surface area contributed by atoms with Crippen molar-refractivity contribution in [3.63, 3.8) is 0 Å². The summed E-state index contributed by atoms with van der Waals surface area (Å²) in [6.45, 7) is 1.71. The Morgan fingerprint density at radius 2 is 2.33 bits per heavy atom. The van der Waals surface area contributed by atoms with Gasteiger partial charge in [-0.05, 0) is 25.7 Å². The van der Waals surface area contributed by atoms with Crippen LogP contribution in [0.2, 0.25) is 0 Å². The van der Waals surface area contributed by atoms with Crippen LogP contribution in [0.25, 0.3) is 0 Å². The zero-order chi connectivity index (χ0) is 10.3. The number of hydrogen-bond donors (Lipinski definition) is 1. The summed E-state index contributed by atoms with van der Waals surface area (Å²) in [5.41, 5.74) is 7.10. The van der Waals surface area contributed by atoms with Crippen LogP contribution >= 0.6 is 0 Å². The summed E-state index contributed by atoms with van der Waals surface area (Å²) >= 11 is 0. The summed E-state index contributed by atoms with van der Waals surface area (Å²) in [4.78, 5) is 0. The van der Waals surface area contributed by atoms with Crippen LogP contribution in [0, 0.1) is 0 Å². The molecule has 0 spiro atoms. The molecule has 0 radical (unpaired) electrons. The van der Waals surface area contributed by atoms with Gasteiger partial charge in [-0.1, -0.05) is 0 Å². The second kappa shape index (κ2) is 3.52. The molecule has 2 N–H and O–H groups in total. The number of aromatic nitrogens is 2. The summed E-state index contributed by atoms with van der Waals surface area (Å²) in [5.74, 6) is 1.46. The monoisotopic (exact) mass is 207 g/mol. The van der Waals surface area contributed by atoms with Crippen LogP contribution in [0.15, 0.2) is 6.07 Å². The fourth-order valence-electron chi connectivity index (χ4n) is 2.16. The molecule has 1 aliphatic carbocycles. The third-order valence-electron chi connectivity index (χ3n) is 3.23. The van der Waals surface area contributed by atoms with Gasteiger partial charge in [0.2, 0.25) is 0 Å². The summed E-state index contributed by atoms with van der Waals surface area (Å²) in [6, 6.07) is 2.02. The minimum absolute atomic E-state index is 0.319. The highest BCUT2D eigenvalue weighted by atomic mass is 16.5. The SMILES string of the molecule is Nc1cc(C2CC2)nn1C[C@H]1CCCO1. The number of rotatable bonds is 3. The van der Waals surface area contributed by atoms with Crippen LogP contribution in [-0.4, -0.2) is 22.5 Å². The van der Waals surface area contributed by atoms with Gasteiger partial charge < -0.3 is 10.5 Å². The standard InChI is InChI=1S/C11H17N3O/c12-11-6-10(8-3-4-8)13-14(11)7-9-2-1-5-15-9/h6,8-9H,1-5,7,12H2/t9-/m1/s1. The first-order chi connectivity index (χ1) is 7.33. The van der Waals surface area contributed by atoms with Crippen molar-refractivity contribution in [2.75, 3.05) is 12.3 Å². The lowest BCUT2D eigenvalue weighted by Crippen LogP contribution is -2.17. The van der Waals surface area contributed by atoms with Gasteiger partial charge in [-0.3, -0.25) is 0 Å². The number of nitrogens with two attached hydrogens (primary N) is 1. The molecule has 4 heteroatoms. The zero-order valence-electron chi connectivity index (χ0n) is 8.85. The van der Waals surface area contributed by atoms with Crippen molar-refractivity contribution in [2.45, 2.75) is 44.2 Å². The number of nitrogen functional groups attached to an aromatic ring is 1. The van der Waals surface area contributed by atoms with Crippen LogP contribution in [0.3, 0.4) is 0 Å². The highest BCUT2D eigenvalue weighted by Gasteiger charge is 2.27. The van der Waals surface area contributed by atoms with E-state index in [1.54, 1.807) is 0 Å². The molecule has 0 bridgehead atoms. The lowest BCUT2D eigenvalue weighted by Gasteiger charge is -2.10. The summed E-state index contributed by atoms with van der Waals surface area (Å²) in [6.07, 6.45) is 5.17. The van der Waals surface area contributed by atoms with Crippen LogP contribution in [0.4, 0.5) is 5.82 Å². The zero-order valence-corrected chi connectivity index (χ0v) is 8.85. The van der Waals surface area contributed by atoms with Gasteiger partial charge in [0.05, 0.1) is 18.3 Å². The first kappa shape index (κ1) is 9.21. The van der Waals surface area contributed by atoms with Crippen molar-refractivity contribution in [3.8, 4) is 0 Å². The number of nitrogens with zero attached hydrogens (tertiary/aromatic N) is 2. The predicted octanol–water partition coefficient (Wildman–Crippen LogP) is 1.52. The van der Waals surface area contributed by atoms with Gasteiger partial charge in [-0.2, -0.15) is 5.10 Å². The molecule has 1 atom stereocenters. The Kier molecular flexibility index (Phi) is 2.16. The molecule has 2 fully saturated rings. The van der Waals surface area contributed by atoms with Crippen molar-refractivity contribution >= 4 is 5.82 Å². The molecule has 0 aromatic carbocycles. The molecule has 15 heavy (non-hydrogen) atoms. The number of anilines is 1. The molecule has 1 aliphatic heterocycles.